The minimum absolute atomic E-state index is 0.386. The second kappa shape index (κ2) is 5.05. The van der Waals surface area contributed by atoms with Crippen molar-refractivity contribution in [3.05, 3.63) is 0 Å². The monoisotopic (exact) mass is 199 g/mol. The summed E-state index contributed by atoms with van der Waals surface area (Å²) in [6.07, 6.45) is 0.386. The number of hydrogen-bond acceptors (Lipinski definition) is 3. The van der Waals surface area contributed by atoms with Crippen LogP contribution in [0.1, 0.15) is 6.42 Å². The van der Waals surface area contributed by atoms with E-state index < -0.39 is 20.1 Å². The normalized spacial score (nSPS) is 12.7. The fraction of sp³-hybridized carbons (Fsp3) is 0.667. The van der Waals surface area contributed by atoms with Gasteiger partial charge in [0.15, 0.2) is 0 Å². The van der Waals surface area contributed by atoms with Crippen LogP contribution in [0.25, 0.3) is 0 Å². The molecule has 0 aliphatic heterocycles. The largest absolute Gasteiger partial charge is 0.468 e. The van der Waals surface area contributed by atoms with Gasteiger partial charge in [0.25, 0.3) is 0 Å². The summed E-state index contributed by atoms with van der Waals surface area (Å²) in [5.74, 6) is 2.53. The first-order valence-electron chi connectivity index (χ1n) is 4.20. The molecule has 0 rings (SSSR count). The van der Waals surface area contributed by atoms with Crippen molar-refractivity contribution in [2.75, 3.05) is 7.11 Å². The molecule has 0 spiro atoms. The number of rotatable bonds is 2. The molecule has 13 heavy (non-hydrogen) atoms. The third-order valence-corrected chi connectivity index (χ3v) is 2.22. The molecule has 0 saturated heterocycles. The van der Waals surface area contributed by atoms with Crippen LogP contribution in [0.5, 0.6) is 0 Å². The van der Waals surface area contributed by atoms with Gasteiger partial charge in [0.2, 0.25) is 0 Å². The molecule has 1 atom stereocenters. The number of esters is 1. The van der Waals surface area contributed by atoms with E-state index in [0.29, 0.717) is 6.42 Å². The van der Waals surface area contributed by atoms with E-state index in [0.717, 1.165) is 0 Å². The van der Waals surface area contributed by atoms with Crippen molar-refractivity contribution in [3.63, 3.8) is 0 Å². The van der Waals surface area contributed by atoms with Crippen LogP contribution in [0, 0.1) is 11.5 Å². The van der Waals surface area contributed by atoms with Crippen molar-refractivity contribution >= 4 is 14.0 Å². The molecule has 74 valence electrons. The Hall–Kier alpha value is -0.793. The molecule has 0 aromatic carbocycles. The van der Waals surface area contributed by atoms with Crippen LogP contribution in [0.4, 0.5) is 0 Å². The average molecular weight is 199 g/mol. The van der Waals surface area contributed by atoms with Gasteiger partial charge in [-0.3, -0.25) is 4.79 Å². The van der Waals surface area contributed by atoms with Crippen LogP contribution < -0.4 is 5.73 Å². The molecule has 0 fully saturated rings. The van der Waals surface area contributed by atoms with E-state index in [9.17, 15) is 4.79 Å². The van der Waals surface area contributed by atoms with E-state index in [4.69, 9.17) is 5.73 Å². The second-order valence-electron chi connectivity index (χ2n) is 3.89. The van der Waals surface area contributed by atoms with Crippen molar-refractivity contribution in [1.82, 2.24) is 0 Å². The van der Waals surface area contributed by atoms with E-state index in [2.05, 4.69) is 35.8 Å². The van der Waals surface area contributed by atoms with Gasteiger partial charge in [-0.05, 0) is 0 Å². The molecule has 4 heteroatoms. The standard InChI is InChI=1S/C9H17NO2Si/c1-12-9(11)8(10)6-5-7-13(2,3)4/h8H,6,10H2,1-4H3. The van der Waals surface area contributed by atoms with Crippen LogP contribution in [0.15, 0.2) is 0 Å². The Kier molecular flexibility index (Phi) is 4.74. The zero-order valence-electron chi connectivity index (χ0n) is 8.68. The fourth-order valence-electron chi connectivity index (χ4n) is 0.661. The van der Waals surface area contributed by atoms with Crippen LogP contribution in [-0.4, -0.2) is 27.2 Å². The lowest BCUT2D eigenvalue weighted by Crippen LogP contribution is -2.31. The van der Waals surface area contributed by atoms with Gasteiger partial charge in [-0.25, -0.2) is 0 Å². The zero-order valence-corrected chi connectivity index (χ0v) is 9.68. The van der Waals surface area contributed by atoms with Crippen LogP contribution >= 0.6 is 0 Å². The summed E-state index contributed by atoms with van der Waals surface area (Å²) in [5.41, 5.74) is 8.63. The van der Waals surface area contributed by atoms with Gasteiger partial charge in [-0.1, -0.05) is 19.6 Å². The van der Waals surface area contributed by atoms with E-state index in [1.54, 1.807) is 0 Å². The highest BCUT2D eigenvalue weighted by atomic mass is 28.3. The van der Waals surface area contributed by atoms with E-state index >= 15 is 0 Å². The van der Waals surface area contributed by atoms with E-state index in [1.165, 1.54) is 7.11 Å². The molecule has 0 aliphatic rings. The minimum Gasteiger partial charge on any atom is -0.468 e. The van der Waals surface area contributed by atoms with Crippen molar-refractivity contribution in [1.29, 1.82) is 0 Å². The Morgan fingerprint density at radius 2 is 2.08 bits per heavy atom. The van der Waals surface area contributed by atoms with E-state index in [-0.39, 0.29) is 0 Å². The SMILES string of the molecule is COC(=O)C(N)CC#C[Si](C)(C)C. The predicted molar refractivity (Wildman–Crippen MR) is 55.7 cm³/mol. The van der Waals surface area contributed by atoms with Crippen LogP contribution in [0.2, 0.25) is 19.6 Å². The maximum atomic E-state index is 10.9. The lowest BCUT2D eigenvalue weighted by molar-refractivity contribution is -0.142. The molecule has 0 heterocycles. The summed E-state index contributed by atoms with van der Waals surface area (Å²) < 4.78 is 4.47. The highest BCUT2D eigenvalue weighted by Gasteiger charge is 2.12. The first kappa shape index (κ1) is 12.2. The molecule has 0 amide bonds. The van der Waals surface area contributed by atoms with Crippen molar-refractivity contribution in [3.8, 4) is 11.5 Å². The van der Waals surface area contributed by atoms with Crippen LogP contribution in [-0.2, 0) is 9.53 Å². The Morgan fingerprint density at radius 1 is 1.54 bits per heavy atom. The fourth-order valence-corrected chi connectivity index (χ4v) is 1.29. The van der Waals surface area contributed by atoms with Gasteiger partial charge in [0.05, 0.1) is 7.11 Å². The Balaban J connectivity index is 4.00. The highest BCUT2D eigenvalue weighted by Crippen LogP contribution is 1.97. The summed E-state index contributed by atoms with van der Waals surface area (Å²) in [4.78, 5) is 10.9. The molecule has 2 N–H and O–H groups in total. The molecule has 3 nitrogen and oxygen atoms in total. The van der Waals surface area contributed by atoms with Crippen molar-refractivity contribution in [2.24, 2.45) is 5.73 Å². The first-order chi connectivity index (χ1) is 5.87. The van der Waals surface area contributed by atoms with Gasteiger partial charge in [-0.2, -0.15) is 0 Å². The molecule has 1 unspecified atom stereocenters. The average Bonchev–Trinajstić information content (AvgIpc) is 2.00. The third kappa shape index (κ3) is 6.38. The highest BCUT2D eigenvalue weighted by molar-refractivity contribution is 6.83. The maximum absolute atomic E-state index is 10.9. The molecule has 0 aromatic heterocycles. The third-order valence-electron chi connectivity index (χ3n) is 1.29. The number of hydrogen-bond donors (Lipinski definition) is 1. The first-order valence-corrected chi connectivity index (χ1v) is 7.70. The lowest BCUT2D eigenvalue weighted by atomic mass is 10.2. The number of ether oxygens (including phenoxy) is 1. The van der Waals surface area contributed by atoms with Crippen molar-refractivity contribution < 1.29 is 9.53 Å². The molecule has 0 radical (unpaired) electrons. The van der Waals surface area contributed by atoms with Gasteiger partial charge < -0.3 is 10.5 Å². The minimum atomic E-state index is -1.34. The second-order valence-corrected chi connectivity index (χ2v) is 8.64. The van der Waals surface area contributed by atoms with Gasteiger partial charge in [0.1, 0.15) is 14.1 Å². The Bertz CT molecular complexity index is 234. The number of nitrogens with two attached hydrogens (primary N) is 1. The molecule has 0 aliphatic carbocycles. The molecule has 0 saturated carbocycles. The number of carbonyl (C=O) groups is 1. The molecule has 0 bridgehead atoms. The quantitative estimate of drug-likeness (QED) is 0.406. The summed E-state index contributed by atoms with van der Waals surface area (Å²) in [6.45, 7) is 6.43. The van der Waals surface area contributed by atoms with Crippen molar-refractivity contribution in [2.45, 2.75) is 32.1 Å². The summed E-state index contributed by atoms with van der Waals surface area (Å²) >= 11 is 0. The summed E-state index contributed by atoms with van der Waals surface area (Å²) in [7, 11) is -0.0103. The van der Waals surface area contributed by atoms with E-state index in [1.807, 2.05) is 0 Å². The van der Waals surface area contributed by atoms with Gasteiger partial charge in [0, 0.05) is 6.42 Å². The molecule has 0 aromatic rings. The molecular formula is C9H17NO2Si. The Labute approximate surface area is 80.7 Å². The smallest absolute Gasteiger partial charge is 0.323 e. The summed E-state index contributed by atoms with van der Waals surface area (Å²) in [5, 5.41) is 0. The zero-order chi connectivity index (χ0) is 10.5. The number of carbonyl (C=O) groups excluding carboxylic acids is 1. The summed E-state index contributed by atoms with van der Waals surface area (Å²) in [6, 6.07) is -0.603. The number of methoxy groups -OCH3 is 1. The maximum Gasteiger partial charge on any atom is 0.323 e. The Morgan fingerprint density at radius 3 is 2.46 bits per heavy atom. The van der Waals surface area contributed by atoms with Crippen LogP contribution in [0.3, 0.4) is 0 Å². The lowest BCUT2D eigenvalue weighted by Gasteiger charge is -2.06. The topological polar surface area (TPSA) is 52.3 Å². The predicted octanol–water partition coefficient (Wildman–Crippen LogP) is 0.758. The van der Waals surface area contributed by atoms with Gasteiger partial charge in [-0.15, -0.1) is 11.5 Å². The molecular weight excluding hydrogens is 182 g/mol. The van der Waals surface area contributed by atoms with Gasteiger partial charge >= 0.3 is 5.97 Å².